The van der Waals surface area contributed by atoms with Crippen LogP contribution in [-0.2, 0) is 0 Å². The first-order valence-electron chi connectivity index (χ1n) is 5.85. The summed E-state index contributed by atoms with van der Waals surface area (Å²) in [5.74, 6) is 2.90. The summed E-state index contributed by atoms with van der Waals surface area (Å²) >= 11 is 0. The topological polar surface area (TPSA) is 63.8 Å². The summed E-state index contributed by atoms with van der Waals surface area (Å²) in [5, 5.41) is 3.32. The summed E-state index contributed by atoms with van der Waals surface area (Å²) < 4.78 is 0. The number of nitrogen functional groups attached to an aromatic ring is 1. The Hall–Kier alpha value is -1.32. The van der Waals surface area contributed by atoms with Gasteiger partial charge >= 0.3 is 0 Å². The van der Waals surface area contributed by atoms with E-state index >= 15 is 0 Å². The molecule has 0 saturated carbocycles. The lowest BCUT2D eigenvalue weighted by Crippen LogP contribution is -2.09. The maximum atomic E-state index is 5.78. The normalized spacial score (nSPS) is 10.8. The van der Waals surface area contributed by atoms with Gasteiger partial charge in [0.1, 0.15) is 17.5 Å². The van der Waals surface area contributed by atoms with Gasteiger partial charge in [-0.15, -0.1) is 0 Å². The Labute approximate surface area is 97.7 Å². The molecular weight excluding hydrogens is 200 g/mol. The van der Waals surface area contributed by atoms with Crippen molar-refractivity contribution in [3.05, 3.63) is 11.4 Å². The van der Waals surface area contributed by atoms with Crippen molar-refractivity contribution in [1.29, 1.82) is 0 Å². The molecular formula is C12H22N4. The zero-order valence-electron chi connectivity index (χ0n) is 10.7. The van der Waals surface area contributed by atoms with E-state index < -0.39 is 0 Å². The number of nitrogens with two attached hydrogens (primary N) is 1. The van der Waals surface area contributed by atoms with Gasteiger partial charge < -0.3 is 11.1 Å². The first-order valence-corrected chi connectivity index (χ1v) is 5.85. The number of nitrogens with one attached hydrogen (secondary N) is 1. The van der Waals surface area contributed by atoms with Crippen molar-refractivity contribution in [3.8, 4) is 0 Å². The molecule has 3 N–H and O–H groups in total. The predicted molar refractivity (Wildman–Crippen MR) is 68.5 cm³/mol. The van der Waals surface area contributed by atoms with E-state index in [1.54, 1.807) is 0 Å². The van der Waals surface area contributed by atoms with E-state index in [1.807, 2.05) is 13.8 Å². The van der Waals surface area contributed by atoms with Crippen LogP contribution in [0.25, 0.3) is 0 Å². The summed E-state index contributed by atoms with van der Waals surface area (Å²) in [6.07, 6.45) is 2.38. The van der Waals surface area contributed by atoms with Gasteiger partial charge in [0.05, 0.1) is 0 Å². The third-order valence-corrected chi connectivity index (χ3v) is 2.55. The van der Waals surface area contributed by atoms with Crippen LogP contribution in [0.15, 0.2) is 0 Å². The molecule has 0 aromatic carbocycles. The van der Waals surface area contributed by atoms with Crippen molar-refractivity contribution in [2.45, 2.75) is 40.5 Å². The number of anilines is 2. The number of aryl methyl sites for hydroxylation is 1. The Balaban J connectivity index is 2.53. The van der Waals surface area contributed by atoms with Gasteiger partial charge in [-0.2, -0.15) is 0 Å². The van der Waals surface area contributed by atoms with Crippen LogP contribution >= 0.6 is 0 Å². The monoisotopic (exact) mass is 222 g/mol. The Kier molecular flexibility index (Phi) is 4.52. The van der Waals surface area contributed by atoms with Crippen LogP contribution in [0.1, 0.15) is 38.1 Å². The molecule has 0 atom stereocenters. The van der Waals surface area contributed by atoms with Crippen LogP contribution in [0.2, 0.25) is 0 Å². The standard InChI is InChI=1S/C12H22N4/c1-8(2)6-5-7-14-12-9(3)11(13)15-10(4)16-12/h8H,5-7H2,1-4H3,(H3,13,14,15,16). The molecule has 1 rings (SSSR count). The molecule has 0 fully saturated rings. The van der Waals surface area contributed by atoms with Gasteiger partial charge in [-0.1, -0.05) is 13.8 Å². The van der Waals surface area contributed by atoms with Crippen molar-refractivity contribution in [2.75, 3.05) is 17.6 Å². The Morgan fingerprint density at radius 2 is 1.94 bits per heavy atom. The van der Waals surface area contributed by atoms with E-state index in [2.05, 4.69) is 29.1 Å². The average Bonchev–Trinajstić information content (AvgIpc) is 2.19. The van der Waals surface area contributed by atoms with Gasteiger partial charge in [-0.25, -0.2) is 9.97 Å². The third-order valence-electron chi connectivity index (χ3n) is 2.55. The van der Waals surface area contributed by atoms with E-state index in [0.29, 0.717) is 5.82 Å². The molecule has 1 aromatic heterocycles. The van der Waals surface area contributed by atoms with Crippen LogP contribution in [0.5, 0.6) is 0 Å². The molecule has 0 unspecified atom stereocenters. The number of hydrogen-bond donors (Lipinski definition) is 2. The number of hydrogen-bond acceptors (Lipinski definition) is 4. The third kappa shape index (κ3) is 3.68. The highest BCUT2D eigenvalue weighted by Gasteiger charge is 2.05. The maximum Gasteiger partial charge on any atom is 0.134 e. The van der Waals surface area contributed by atoms with Crippen molar-refractivity contribution >= 4 is 11.6 Å². The van der Waals surface area contributed by atoms with Gasteiger partial charge in [-0.3, -0.25) is 0 Å². The summed E-state index contributed by atoms with van der Waals surface area (Å²) in [6, 6.07) is 0. The molecule has 1 aromatic rings. The maximum absolute atomic E-state index is 5.78. The van der Waals surface area contributed by atoms with Gasteiger partial charge in [0.15, 0.2) is 0 Å². The highest BCUT2D eigenvalue weighted by Crippen LogP contribution is 2.17. The fourth-order valence-corrected chi connectivity index (χ4v) is 1.54. The Morgan fingerprint density at radius 1 is 1.25 bits per heavy atom. The van der Waals surface area contributed by atoms with Crippen LogP contribution in [-0.4, -0.2) is 16.5 Å². The lowest BCUT2D eigenvalue weighted by molar-refractivity contribution is 0.566. The van der Waals surface area contributed by atoms with Crippen LogP contribution in [0, 0.1) is 19.8 Å². The van der Waals surface area contributed by atoms with Gasteiger partial charge in [0.2, 0.25) is 0 Å². The van der Waals surface area contributed by atoms with E-state index in [-0.39, 0.29) is 0 Å². The molecule has 1 heterocycles. The molecule has 0 aliphatic carbocycles. The van der Waals surface area contributed by atoms with Crippen molar-refractivity contribution in [3.63, 3.8) is 0 Å². The molecule has 0 spiro atoms. The fraction of sp³-hybridized carbons (Fsp3) is 0.667. The first kappa shape index (κ1) is 12.7. The smallest absolute Gasteiger partial charge is 0.134 e. The second-order valence-corrected chi connectivity index (χ2v) is 4.59. The molecule has 4 heteroatoms. The van der Waals surface area contributed by atoms with Crippen LogP contribution in [0.4, 0.5) is 11.6 Å². The van der Waals surface area contributed by atoms with E-state index in [9.17, 15) is 0 Å². The summed E-state index contributed by atoms with van der Waals surface area (Å²) in [5.41, 5.74) is 6.72. The van der Waals surface area contributed by atoms with Crippen molar-refractivity contribution in [1.82, 2.24) is 9.97 Å². The Morgan fingerprint density at radius 3 is 2.56 bits per heavy atom. The minimum absolute atomic E-state index is 0.568. The second kappa shape index (κ2) is 5.68. The summed E-state index contributed by atoms with van der Waals surface area (Å²) in [4.78, 5) is 8.46. The van der Waals surface area contributed by atoms with Gasteiger partial charge in [0.25, 0.3) is 0 Å². The Bertz CT molecular complexity index is 347. The predicted octanol–water partition coefficient (Wildman–Crippen LogP) is 2.52. The summed E-state index contributed by atoms with van der Waals surface area (Å²) in [7, 11) is 0. The van der Waals surface area contributed by atoms with Crippen LogP contribution < -0.4 is 11.1 Å². The molecule has 0 amide bonds. The molecule has 90 valence electrons. The van der Waals surface area contributed by atoms with E-state index in [1.165, 1.54) is 6.42 Å². The van der Waals surface area contributed by atoms with E-state index in [4.69, 9.17) is 5.73 Å². The minimum Gasteiger partial charge on any atom is -0.383 e. The zero-order chi connectivity index (χ0) is 12.1. The van der Waals surface area contributed by atoms with Crippen LogP contribution in [0.3, 0.4) is 0 Å². The summed E-state index contributed by atoms with van der Waals surface area (Å²) in [6.45, 7) is 9.21. The second-order valence-electron chi connectivity index (χ2n) is 4.59. The fourth-order valence-electron chi connectivity index (χ4n) is 1.54. The van der Waals surface area contributed by atoms with Crippen molar-refractivity contribution in [2.24, 2.45) is 5.92 Å². The van der Waals surface area contributed by atoms with Crippen molar-refractivity contribution < 1.29 is 0 Å². The lowest BCUT2D eigenvalue weighted by Gasteiger charge is -2.11. The quantitative estimate of drug-likeness (QED) is 0.751. The molecule has 0 radical (unpaired) electrons. The molecule has 16 heavy (non-hydrogen) atoms. The number of rotatable bonds is 5. The van der Waals surface area contributed by atoms with Gasteiger partial charge in [0, 0.05) is 12.1 Å². The largest absolute Gasteiger partial charge is 0.383 e. The highest BCUT2D eigenvalue weighted by molar-refractivity contribution is 5.54. The molecule has 0 bridgehead atoms. The zero-order valence-corrected chi connectivity index (χ0v) is 10.7. The number of nitrogens with zero attached hydrogens (tertiary/aromatic N) is 2. The number of aromatic nitrogens is 2. The lowest BCUT2D eigenvalue weighted by atomic mass is 10.1. The molecule has 4 nitrogen and oxygen atoms in total. The molecule has 0 aliphatic rings. The molecule has 0 saturated heterocycles. The first-order chi connectivity index (χ1) is 7.50. The average molecular weight is 222 g/mol. The van der Waals surface area contributed by atoms with E-state index in [0.717, 1.165) is 36.1 Å². The van der Waals surface area contributed by atoms with Gasteiger partial charge in [-0.05, 0) is 32.6 Å². The minimum atomic E-state index is 0.568. The SMILES string of the molecule is Cc1nc(N)c(C)c(NCCCC(C)C)n1. The highest BCUT2D eigenvalue weighted by atomic mass is 15.0. The molecule has 0 aliphatic heterocycles.